The van der Waals surface area contributed by atoms with Crippen molar-refractivity contribution in [3.63, 3.8) is 0 Å². The standard InChI is InChI=1S/C29H25FN8O/c1-36-13-20(12-34-36)25-8-24-28(19(9-31)11-33-29(24)35-25)17-2-5-27(32-10-17)38-16-22-7-23(38)15-37(22)14-18-6-21(30)3-4-26(18)39/h2-6,8,10-13,22-23,39H,7,14-16H2,1H3,(H,33,35). The normalized spacial score (nSPS) is 18.7. The second-order valence-corrected chi connectivity index (χ2v) is 10.3. The van der Waals surface area contributed by atoms with E-state index in [1.54, 1.807) is 17.1 Å². The Morgan fingerprint density at radius 3 is 2.69 bits per heavy atom. The van der Waals surface area contributed by atoms with E-state index in [0.717, 1.165) is 53.1 Å². The molecule has 1 aromatic carbocycles. The molecule has 0 radical (unpaired) electrons. The van der Waals surface area contributed by atoms with E-state index in [0.29, 0.717) is 35.4 Å². The molecule has 2 atom stereocenters. The van der Waals surface area contributed by atoms with E-state index in [9.17, 15) is 14.8 Å². The van der Waals surface area contributed by atoms with Gasteiger partial charge in [0.05, 0.1) is 17.5 Å². The van der Waals surface area contributed by atoms with Crippen LogP contribution in [0.15, 0.2) is 61.2 Å². The van der Waals surface area contributed by atoms with Gasteiger partial charge in [-0.25, -0.2) is 14.4 Å². The van der Waals surface area contributed by atoms with Crippen LogP contribution in [0.3, 0.4) is 0 Å². The number of anilines is 1. The summed E-state index contributed by atoms with van der Waals surface area (Å²) in [4.78, 5) is 17.2. The zero-order chi connectivity index (χ0) is 26.7. The molecule has 5 aromatic rings. The fourth-order valence-corrected chi connectivity index (χ4v) is 6.01. The number of piperazine rings is 1. The lowest BCUT2D eigenvalue weighted by Crippen LogP contribution is -2.46. The van der Waals surface area contributed by atoms with Gasteiger partial charge in [-0.05, 0) is 42.8 Å². The summed E-state index contributed by atoms with van der Waals surface area (Å²) in [6.07, 6.45) is 8.15. The van der Waals surface area contributed by atoms with E-state index in [4.69, 9.17) is 4.98 Å². The van der Waals surface area contributed by atoms with Crippen LogP contribution in [0.2, 0.25) is 0 Å². The number of rotatable bonds is 5. The molecule has 0 amide bonds. The Balaban J connectivity index is 1.14. The van der Waals surface area contributed by atoms with Gasteiger partial charge >= 0.3 is 0 Å². The molecule has 2 aliphatic rings. The molecule has 2 aliphatic heterocycles. The number of phenolic OH excluding ortho intramolecular Hbond substituents is 1. The monoisotopic (exact) mass is 520 g/mol. The summed E-state index contributed by atoms with van der Waals surface area (Å²) in [6, 6.07) is 13.0. The smallest absolute Gasteiger partial charge is 0.138 e. The van der Waals surface area contributed by atoms with Gasteiger partial charge in [0, 0.05) is 85.0 Å². The number of pyridine rings is 2. The highest BCUT2D eigenvalue weighted by Crippen LogP contribution is 2.38. The number of aromatic hydroxyl groups is 1. The van der Waals surface area contributed by atoms with E-state index >= 15 is 0 Å². The number of aromatic amines is 1. The fourth-order valence-electron chi connectivity index (χ4n) is 6.01. The van der Waals surface area contributed by atoms with Crippen molar-refractivity contribution in [2.45, 2.75) is 25.0 Å². The topological polar surface area (TPSA) is 110 Å². The minimum atomic E-state index is -0.336. The number of nitriles is 1. The van der Waals surface area contributed by atoms with Crippen molar-refractivity contribution in [3.8, 4) is 34.2 Å². The van der Waals surface area contributed by atoms with E-state index in [1.807, 2.05) is 37.6 Å². The molecule has 2 N–H and O–H groups in total. The molecular formula is C29H25FN8O. The SMILES string of the molecule is Cn1cc(-c2cc3c(-c4ccc(N5CC6CC5CN6Cc5cc(F)ccc5O)nc4)c(C#N)cnc3[nH]2)cn1. The lowest BCUT2D eigenvalue weighted by molar-refractivity contribution is 0.227. The number of nitrogens with zero attached hydrogens (tertiary/aromatic N) is 7. The molecule has 0 spiro atoms. The average Bonchev–Trinajstić information content (AvgIpc) is 3.73. The molecule has 2 saturated heterocycles. The number of phenols is 1. The summed E-state index contributed by atoms with van der Waals surface area (Å²) >= 11 is 0. The van der Waals surface area contributed by atoms with Crippen LogP contribution in [0, 0.1) is 17.1 Å². The highest BCUT2D eigenvalue weighted by Gasteiger charge is 2.43. The summed E-state index contributed by atoms with van der Waals surface area (Å²) < 4.78 is 15.4. The third-order valence-corrected chi connectivity index (χ3v) is 7.89. The van der Waals surface area contributed by atoms with E-state index < -0.39 is 0 Å². The number of H-pyrrole nitrogens is 1. The molecule has 0 saturated carbocycles. The van der Waals surface area contributed by atoms with Gasteiger partial charge in [0.25, 0.3) is 0 Å². The zero-order valence-corrected chi connectivity index (χ0v) is 21.2. The molecule has 2 unspecified atom stereocenters. The van der Waals surface area contributed by atoms with Gasteiger partial charge in [-0.1, -0.05) is 0 Å². The molecule has 6 heterocycles. The van der Waals surface area contributed by atoms with Crippen molar-refractivity contribution in [2.24, 2.45) is 7.05 Å². The molecular weight excluding hydrogens is 495 g/mol. The maximum atomic E-state index is 13.7. The van der Waals surface area contributed by atoms with Crippen molar-refractivity contribution in [1.82, 2.24) is 29.6 Å². The van der Waals surface area contributed by atoms with Crippen LogP contribution in [0.5, 0.6) is 5.75 Å². The molecule has 2 bridgehead atoms. The van der Waals surface area contributed by atoms with Crippen molar-refractivity contribution >= 4 is 16.9 Å². The van der Waals surface area contributed by atoms with Crippen LogP contribution in [0.1, 0.15) is 17.5 Å². The summed E-state index contributed by atoms with van der Waals surface area (Å²) in [7, 11) is 1.87. The van der Waals surface area contributed by atoms with Crippen LogP contribution < -0.4 is 4.90 Å². The second kappa shape index (κ2) is 8.92. The third kappa shape index (κ3) is 3.99. The number of fused-ring (bicyclic) bond motifs is 3. The summed E-state index contributed by atoms with van der Waals surface area (Å²) in [5.41, 5.74) is 5.29. The van der Waals surface area contributed by atoms with Crippen LogP contribution >= 0.6 is 0 Å². The summed E-state index contributed by atoms with van der Waals surface area (Å²) in [5.74, 6) is 0.690. The minimum absolute atomic E-state index is 0.130. The van der Waals surface area contributed by atoms with Gasteiger partial charge < -0.3 is 15.0 Å². The number of hydrogen-bond donors (Lipinski definition) is 2. The van der Waals surface area contributed by atoms with E-state index in [1.165, 1.54) is 18.2 Å². The van der Waals surface area contributed by atoms with Crippen molar-refractivity contribution in [1.29, 1.82) is 5.26 Å². The van der Waals surface area contributed by atoms with Gasteiger partial charge in [0.15, 0.2) is 0 Å². The Morgan fingerprint density at radius 1 is 1.08 bits per heavy atom. The fraction of sp³-hybridized carbons (Fsp3) is 0.241. The predicted octanol–water partition coefficient (Wildman–Crippen LogP) is 4.20. The molecule has 39 heavy (non-hydrogen) atoms. The number of hydrogen-bond acceptors (Lipinski definition) is 7. The number of halogens is 1. The number of likely N-dealkylation sites (tertiary alicyclic amines) is 1. The minimum Gasteiger partial charge on any atom is -0.508 e. The maximum Gasteiger partial charge on any atom is 0.138 e. The first kappa shape index (κ1) is 23.4. The third-order valence-electron chi connectivity index (χ3n) is 7.89. The van der Waals surface area contributed by atoms with Crippen LogP contribution in [-0.2, 0) is 13.6 Å². The molecule has 9 nitrogen and oxygen atoms in total. The first-order valence-corrected chi connectivity index (χ1v) is 12.8. The van der Waals surface area contributed by atoms with Gasteiger partial charge in [-0.2, -0.15) is 10.4 Å². The Labute approximate surface area is 223 Å². The molecule has 2 fully saturated rings. The van der Waals surface area contributed by atoms with Gasteiger partial charge in [-0.15, -0.1) is 0 Å². The maximum absolute atomic E-state index is 13.7. The van der Waals surface area contributed by atoms with E-state index in [2.05, 4.69) is 30.9 Å². The average molecular weight is 521 g/mol. The number of aromatic nitrogens is 5. The molecule has 10 heteroatoms. The second-order valence-electron chi connectivity index (χ2n) is 10.3. The Bertz CT molecular complexity index is 1750. The molecule has 0 aliphatic carbocycles. The van der Waals surface area contributed by atoms with Crippen LogP contribution in [0.4, 0.5) is 10.2 Å². The molecule has 194 valence electrons. The molecule has 4 aromatic heterocycles. The summed E-state index contributed by atoms with van der Waals surface area (Å²) in [6.45, 7) is 2.17. The Kier molecular flexibility index (Phi) is 5.35. The highest BCUT2D eigenvalue weighted by molar-refractivity contribution is 5.98. The van der Waals surface area contributed by atoms with Crippen molar-refractivity contribution < 1.29 is 9.50 Å². The number of nitrogens with one attached hydrogen (secondary N) is 1. The first-order valence-electron chi connectivity index (χ1n) is 12.8. The van der Waals surface area contributed by atoms with Gasteiger partial charge in [-0.3, -0.25) is 9.58 Å². The lowest BCUT2D eigenvalue weighted by Gasteiger charge is -2.35. The van der Waals surface area contributed by atoms with Crippen LogP contribution in [-0.4, -0.2) is 59.9 Å². The van der Waals surface area contributed by atoms with Crippen molar-refractivity contribution in [3.05, 3.63) is 78.1 Å². The van der Waals surface area contributed by atoms with Crippen LogP contribution in [0.25, 0.3) is 33.4 Å². The Hall–Kier alpha value is -4.75. The van der Waals surface area contributed by atoms with Crippen molar-refractivity contribution in [2.75, 3.05) is 18.0 Å². The van der Waals surface area contributed by atoms with Gasteiger partial charge in [0.1, 0.15) is 29.1 Å². The number of aryl methyl sites for hydroxylation is 1. The van der Waals surface area contributed by atoms with E-state index in [-0.39, 0.29) is 11.6 Å². The molecule has 7 rings (SSSR count). The highest BCUT2D eigenvalue weighted by atomic mass is 19.1. The quantitative estimate of drug-likeness (QED) is 0.357. The predicted molar refractivity (Wildman–Crippen MR) is 144 cm³/mol. The largest absolute Gasteiger partial charge is 0.508 e. The summed E-state index contributed by atoms with van der Waals surface area (Å²) in [5, 5.41) is 25.1. The van der Waals surface area contributed by atoms with Gasteiger partial charge in [0.2, 0.25) is 0 Å². The zero-order valence-electron chi connectivity index (χ0n) is 21.2. The number of benzene rings is 1. The lowest BCUT2D eigenvalue weighted by atomic mass is 10.00. The first-order chi connectivity index (χ1) is 19.0. The Morgan fingerprint density at radius 2 is 1.97 bits per heavy atom.